The van der Waals surface area contributed by atoms with Crippen LogP contribution >= 0.6 is 11.8 Å². The Kier molecular flexibility index (Phi) is 15.5. The van der Waals surface area contributed by atoms with Crippen molar-refractivity contribution in [2.75, 3.05) is 18.6 Å². The van der Waals surface area contributed by atoms with Crippen LogP contribution < -0.4 is 33.2 Å². The zero-order valence-electron chi connectivity index (χ0n) is 23.3. The number of aliphatic imine (C=N–C) groups is 1. The number of hydrogen-bond acceptors (Lipinski definition) is 8. The van der Waals surface area contributed by atoms with E-state index in [1.165, 1.54) is 12.1 Å². The number of guanidine groups is 1. The molecule has 13 nitrogen and oxygen atoms in total. The molecule has 1 aromatic carbocycles. The average molecular weight is 582 g/mol. The van der Waals surface area contributed by atoms with Crippen molar-refractivity contribution in [2.24, 2.45) is 28.1 Å². The smallest absolute Gasteiger partial charge is 0.326 e. The number of carboxylic acids is 1. The number of amides is 3. The summed E-state index contributed by atoms with van der Waals surface area (Å²) in [6.45, 7) is 3.85. The largest absolute Gasteiger partial charge is 0.508 e. The first kappa shape index (κ1) is 34.5. The van der Waals surface area contributed by atoms with Gasteiger partial charge in [0.15, 0.2) is 5.96 Å². The number of rotatable bonds is 18. The molecule has 11 N–H and O–H groups in total. The highest BCUT2D eigenvalue weighted by Crippen LogP contribution is 2.13. The number of carbonyl (C=O) groups excluding carboxylic acids is 3. The van der Waals surface area contributed by atoms with Gasteiger partial charge in [-0.25, -0.2) is 4.79 Å². The lowest BCUT2D eigenvalue weighted by Crippen LogP contribution is -2.58. The molecule has 0 fully saturated rings. The lowest BCUT2D eigenvalue weighted by atomic mass is 9.97. The van der Waals surface area contributed by atoms with Crippen molar-refractivity contribution < 1.29 is 29.4 Å². The number of phenols is 1. The van der Waals surface area contributed by atoms with E-state index >= 15 is 0 Å². The Morgan fingerprint density at radius 1 is 0.975 bits per heavy atom. The summed E-state index contributed by atoms with van der Waals surface area (Å²) in [4.78, 5) is 55.1. The minimum Gasteiger partial charge on any atom is -0.508 e. The second-order valence-corrected chi connectivity index (χ2v) is 10.5. The van der Waals surface area contributed by atoms with Crippen LogP contribution in [0.25, 0.3) is 0 Å². The van der Waals surface area contributed by atoms with Crippen LogP contribution in [-0.2, 0) is 25.6 Å². The molecule has 0 saturated heterocycles. The zero-order chi connectivity index (χ0) is 30.2. The molecule has 14 heteroatoms. The maximum atomic E-state index is 13.4. The normalized spacial score (nSPS) is 14.6. The number of aromatic hydroxyl groups is 1. The van der Waals surface area contributed by atoms with Crippen molar-refractivity contribution in [2.45, 2.75) is 70.1 Å². The van der Waals surface area contributed by atoms with Crippen LogP contribution in [0.15, 0.2) is 29.3 Å². The van der Waals surface area contributed by atoms with Crippen molar-refractivity contribution >= 4 is 41.4 Å². The van der Waals surface area contributed by atoms with Crippen molar-refractivity contribution in [1.29, 1.82) is 0 Å². The van der Waals surface area contributed by atoms with Gasteiger partial charge < -0.3 is 43.4 Å². The topological polar surface area (TPSA) is 235 Å². The molecule has 224 valence electrons. The van der Waals surface area contributed by atoms with Crippen molar-refractivity contribution in [3.05, 3.63) is 29.8 Å². The molecule has 0 radical (unpaired) electrons. The van der Waals surface area contributed by atoms with Gasteiger partial charge in [-0.2, -0.15) is 11.8 Å². The summed E-state index contributed by atoms with van der Waals surface area (Å²) in [6.07, 6.45) is 3.27. The Morgan fingerprint density at radius 2 is 1.60 bits per heavy atom. The maximum Gasteiger partial charge on any atom is 0.326 e. The number of nitrogens with one attached hydrogen (secondary N) is 3. The lowest BCUT2D eigenvalue weighted by molar-refractivity contribution is -0.142. The lowest BCUT2D eigenvalue weighted by Gasteiger charge is -2.28. The predicted molar refractivity (Wildman–Crippen MR) is 156 cm³/mol. The van der Waals surface area contributed by atoms with Crippen molar-refractivity contribution in [3.63, 3.8) is 0 Å². The van der Waals surface area contributed by atoms with Crippen LogP contribution in [-0.4, -0.2) is 82.6 Å². The van der Waals surface area contributed by atoms with Gasteiger partial charge in [0.25, 0.3) is 0 Å². The van der Waals surface area contributed by atoms with Crippen LogP contribution in [0.5, 0.6) is 5.75 Å². The van der Waals surface area contributed by atoms with E-state index in [0.717, 1.165) is 0 Å². The molecule has 0 saturated carbocycles. The van der Waals surface area contributed by atoms with Crippen LogP contribution in [0.3, 0.4) is 0 Å². The van der Waals surface area contributed by atoms with E-state index in [9.17, 15) is 29.4 Å². The number of carbonyl (C=O) groups is 4. The molecule has 0 spiro atoms. The summed E-state index contributed by atoms with van der Waals surface area (Å²) < 4.78 is 0. The van der Waals surface area contributed by atoms with Gasteiger partial charge in [0.2, 0.25) is 17.7 Å². The highest BCUT2D eigenvalue weighted by Gasteiger charge is 2.32. The number of nitrogens with zero attached hydrogens (tertiary/aromatic N) is 1. The van der Waals surface area contributed by atoms with Gasteiger partial charge in [-0.1, -0.05) is 32.4 Å². The fourth-order valence-electron chi connectivity index (χ4n) is 3.71. The third-order valence-electron chi connectivity index (χ3n) is 6.33. The minimum atomic E-state index is -1.30. The molecular weight excluding hydrogens is 538 g/mol. The summed E-state index contributed by atoms with van der Waals surface area (Å²) in [5.74, 6) is -2.73. The Morgan fingerprint density at radius 3 is 2.15 bits per heavy atom. The van der Waals surface area contributed by atoms with Crippen molar-refractivity contribution in [1.82, 2.24) is 16.0 Å². The molecule has 0 heterocycles. The first-order valence-electron chi connectivity index (χ1n) is 13.1. The molecule has 5 atom stereocenters. The number of hydrogen-bond donors (Lipinski definition) is 8. The highest BCUT2D eigenvalue weighted by atomic mass is 32.2. The van der Waals surface area contributed by atoms with E-state index in [-0.39, 0.29) is 37.0 Å². The number of thioether (sulfide) groups is 1. The van der Waals surface area contributed by atoms with Gasteiger partial charge in [0, 0.05) is 13.0 Å². The molecule has 0 aromatic heterocycles. The Bertz CT molecular complexity index is 1000. The van der Waals surface area contributed by atoms with E-state index in [2.05, 4.69) is 20.9 Å². The fraction of sp³-hybridized carbons (Fsp3) is 0.577. The van der Waals surface area contributed by atoms with Gasteiger partial charge in [0.1, 0.15) is 23.9 Å². The second-order valence-electron chi connectivity index (χ2n) is 9.54. The third kappa shape index (κ3) is 12.6. The molecule has 0 aliphatic heterocycles. The maximum absolute atomic E-state index is 13.4. The van der Waals surface area contributed by atoms with Gasteiger partial charge >= 0.3 is 5.97 Å². The molecule has 5 unspecified atom stereocenters. The molecule has 0 bridgehead atoms. The summed E-state index contributed by atoms with van der Waals surface area (Å²) in [5, 5.41) is 27.1. The van der Waals surface area contributed by atoms with Gasteiger partial charge in [-0.05, 0) is 54.9 Å². The number of phenolic OH excluding ortho intramolecular Hbond substituents is 1. The van der Waals surface area contributed by atoms with Gasteiger partial charge in [-0.3, -0.25) is 19.4 Å². The minimum absolute atomic E-state index is 0.0244. The highest BCUT2D eigenvalue weighted by molar-refractivity contribution is 7.98. The Hall–Kier alpha value is -3.52. The Balaban J connectivity index is 3.09. The quantitative estimate of drug-likeness (QED) is 0.0637. The van der Waals surface area contributed by atoms with Crippen LogP contribution in [0, 0.1) is 5.92 Å². The summed E-state index contributed by atoms with van der Waals surface area (Å²) >= 11 is 1.55. The summed E-state index contributed by atoms with van der Waals surface area (Å²) in [7, 11) is 0. The molecule has 0 aliphatic rings. The molecule has 1 rings (SSSR count). The van der Waals surface area contributed by atoms with Gasteiger partial charge in [-0.15, -0.1) is 0 Å². The second kappa shape index (κ2) is 17.9. The molecule has 0 aliphatic carbocycles. The SMILES string of the molecule is CCC(C)C(NC(=O)C(N)CCSC)C(=O)NC(CCCN=C(N)N)C(=O)NC(Cc1ccc(O)cc1)C(=O)O. The summed E-state index contributed by atoms with van der Waals surface area (Å²) in [6, 6.07) is 1.76. The standard InChI is InChI=1S/C26H43N7O6S/c1-4-15(2)21(33-22(35)18(27)11-13-40-3)24(37)31-19(6-5-12-30-26(28)29)23(36)32-20(25(38)39)14-16-7-9-17(34)10-8-16/h7-10,15,18-21,34H,4-6,11-14,27H2,1-3H3,(H,31,37)(H,32,36)(H,33,35)(H,38,39)(H4,28,29,30). The molecular formula is C26H43N7O6S. The number of nitrogens with two attached hydrogens (primary N) is 3. The van der Waals surface area contributed by atoms with E-state index in [1.807, 2.05) is 13.2 Å². The van der Waals surface area contributed by atoms with E-state index in [1.54, 1.807) is 30.8 Å². The number of carboxylic acid groups (broad SMARTS) is 1. The Labute approximate surface area is 239 Å². The fourth-order valence-corrected chi connectivity index (χ4v) is 4.20. The number of benzene rings is 1. The van der Waals surface area contributed by atoms with Crippen LogP contribution in [0.4, 0.5) is 0 Å². The van der Waals surface area contributed by atoms with E-state index in [0.29, 0.717) is 30.6 Å². The third-order valence-corrected chi connectivity index (χ3v) is 6.98. The average Bonchev–Trinajstić information content (AvgIpc) is 2.91. The zero-order valence-corrected chi connectivity index (χ0v) is 24.1. The molecule has 1 aromatic rings. The van der Waals surface area contributed by atoms with E-state index in [4.69, 9.17) is 17.2 Å². The van der Waals surface area contributed by atoms with Crippen LogP contribution in [0.1, 0.15) is 45.1 Å². The van der Waals surface area contributed by atoms with E-state index < -0.39 is 47.9 Å². The van der Waals surface area contributed by atoms with Crippen LogP contribution in [0.2, 0.25) is 0 Å². The van der Waals surface area contributed by atoms with Gasteiger partial charge in [0.05, 0.1) is 6.04 Å². The first-order chi connectivity index (χ1) is 18.9. The van der Waals surface area contributed by atoms with Crippen molar-refractivity contribution in [3.8, 4) is 5.75 Å². The molecule has 3 amide bonds. The first-order valence-corrected chi connectivity index (χ1v) is 14.5. The predicted octanol–water partition coefficient (Wildman–Crippen LogP) is -0.346. The number of aliphatic carboxylic acids is 1. The summed E-state index contributed by atoms with van der Waals surface area (Å²) in [5.41, 5.74) is 17.3. The molecule has 40 heavy (non-hydrogen) atoms. The monoisotopic (exact) mass is 581 g/mol.